The van der Waals surface area contributed by atoms with E-state index in [0.717, 1.165) is 119 Å². The number of Topliss-reactive ketones (excluding diaryl/α,β-unsaturated/α-hetero) is 2. The molecule has 2 aliphatic heterocycles. The lowest BCUT2D eigenvalue weighted by molar-refractivity contribution is -0.193. The Hall–Kier alpha value is -7.86. The molecule has 0 amide bonds. The summed E-state index contributed by atoms with van der Waals surface area (Å²) in [6.07, 6.45) is 18.8. The second kappa shape index (κ2) is 28.0. The summed E-state index contributed by atoms with van der Waals surface area (Å²) >= 11 is 0. The summed E-state index contributed by atoms with van der Waals surface area (Å²) in [5.41, 5.74) is 6.15. The Labute approximate surface area is 453 Å². The Kier molecular flexibility index (Phi) is 20.2. The van der Waals surface area contributed by atoms with Crippen LogP contribution in [0.2, 0.25) is 0 Å². The predicted octanol–water partition coefficient (Wildman–Crippen LogP) is 13.3. The maximum Gasteiger partial charge on any atom is 0.373 e. The second-order valence-corrected chi connectivity index (χ2v) is 20.1. The zero-order valence-electron chi connectivity index (χ0n) is 44.7. The van der Waals surface area contributed by atoms with Crippen molar-refractivity contribution in [3.05, 3.63) is 126 Å². The number of phenols is 1. The lowest BCUT2D eigenvalue weighted by Gasteiger charge is -2.19. The van der Waals surface area contributed by atoms with Crippen molar-refractivity contribution in [2.45, 2.75) is 103 Å². The van der Waals surface area contributed by atoms with Crippen molar-refractivity contribution in [3.63, 3.8) is 0 Å². The summed E-state index contributed by atoms with van der Waals surface area (Å²) in [4.78, 5) is 61.7. The average molecular weight is 1060 g/mol. The molecule has 9 aromatic rings. The van der Waals surface area contributed by atoms with Gasteiger partial charge in [0.25, 0.3) is 0 Å². The molecule has 1 saturated carbocycles. The van der Waals surface area contributed by atoms with Crippen LogP contribution in [-0.2, 0) is 41.6 Å². The average Bonchev–Trinajstić information content (AvgIpc) is 4.37. The van der Waals surface area contributed by atoms with Gasteiger partial charge in [-0.2, -0.15) is 19.2 Å². The Balaban J connectivity index is 0.000000151. The summed E-state index contributed by atoms with van der Waals surface area (Å²) < 4.78 is 29.1. The minimum Gasteiger partial charge on any atom is -0.508 e. The number of phenolic OH excluding ortho intramolecular Hbond substituents is 1. The number of ketones is 2. The Morgan fingerprint density at radius 2 is 1.00 bits per heavy atom. The number of aromatic hydroxyl groups is 1. The minimum atomic E-state index is -0.254. The van der Waals surface area contributed by atoms with Gasteiger partial charge in [0.15, 0.2) is 0 Å². The first-order chi connectivity index (χ1) is 38.2. The molecule has 406 valence electrons. The van der Waals surface area contributed by atoms with Crippen molar-refractivity contribution in [1.82, 2.24) is 9.80 Å². The molecule has 1 atom stereocenters. The van der Waals surface area contributed by atoms with Crippen LogP contribution in [0.15, 0.2) is 123 Å². The number of nitrogens with zero attached hydrogens (tertiary/aromatic N) is 2. The molecule has 3 aliphatic rings. The number of likely N-dealkylation sites (tertiary alicyclic amines) is 2. The summed E-state index contributed by atoms with van der Waals surface area (Å²) in [6.45, 7) is 13.1. The topological polar surface area (TPSA) is 187 Å². The van der Waals surface area contributed by atoms with Crippen molar-refractivity contribution in [3.8, 4) is 17.2 Å². The third-order valence-corrected chi connectivity index (χ3v) is 14.8. The van der Waals surface area contributed by atoms with Gasteiger partial charge < -0.3 is 37.6 Å². The van der Waals surface area contributed by atoms with Crippen LogP contribution in [-0.4, -0.2) is 91.3 Å². The predicted molar refractivity (Wildman–Crippen MR) is 299 cm³/mol. The van der Waals surface area contributed by atoms with Crippen LogP contribution in [0.4, 0.5) is 0 Å². The second-order valence-electron chi connectivity index (χ2n) is 20.1. The van der Waals surface area contributed by atoms with Gasteiger partial charge in [-0.05, 0) is 200 Å². The van der Waals surface area contributed by atoms with Gasteiger partial charge in [-0.3, -0.25) is 9.59 Å². The fraction of sp³-hybridized carbons (Fsp3) is 0.375. The molecule has 3 aromatic heterocycles. The highest BCUT2D eigenvalue weighted by atomic mass is 16.5. The van der Waals surface area contributed by atoms with E-state index in [1.54, 1.807) is 18.4 Å². The normalized spacial score (nSPS) is 15.5. The molecule has 14 heteroatoms. The third-order valence-electron chi connectivity index (χ3n) is 14.8. The van der Waals surface area contributed by atoms with E-state index in [2.05, 4.69) is 66.1 Å². The van der Waals surface area contributed by atoms with E-state index >= 15 is 0 Å². The van der Waals surface area contributed by atoms with Crippen LogP contribution in [0.5, 0.6) is 17.2 Å². The van der Waals surface area contributed by atoms with Crippen molar-refractivity contribution in [2.75, 3.05) is 52.5 Å². The number of furan rings is 3. The van der Waals surface area contributed by atoms with Gasteiger partial charge in [0.2, 0.25) is 0 Å². The molecular formula is C64H68N2O12. The molecule has 0 spiro atoms. The van der Waals surface area contributed by atoms with Crippen molar-refractivity contribution in [1.29, 1.82) is 0 Å². The first-order valence-electron chi connectivity index (χ1n) is 27.4. The van der Waals surface area contributed by atoms with Gasteiger partial charge >= 0.3 is 12.3 Å². The van der Waals surface area contributed by atoms with Crippen molar-refractivity contribution in [2.24, 2.45) is 0 Å². The third kappa shape index (κ3) is 14.0. The van der Waals surface area contributed by atoms with E-state index in [1.165, 1.54) is 84.5 Å². The number of carbonyl (C=O) groups is 2. The van der Waals surface area contributed by atoms with Gasteiger partial charge in [0.1, 0.15) is 45.6 Å². The van der Waals surface area contributed by atoms with E-state index in [1.807, 2.05) is 48.9 Å². The van der Waals surface area contributed by atoms with Crippen molar-refractivity contribution < 1.29 is 56.6 Å². The zero-order chi connectivity index (χ0) is 54.8. The maximum atomic E-state index is 12.5. The van der Waals surface area contributed by atoms with Gasteiger partial charge in [0, 0.05) is 47.2 Å². The highest BCUT2D eigenvalue weighted by molar-refractivity contribution is 6.12. The van der Waals surface area contributed by atoms with E-state index in [-0.39, 0.29) is 36.2 Å². The van der Waals surface area contributed by atoms with E-state index in [9.17, 15) is 14.7 Å². The molecule has 1 unspecified atom stereocenters. The summed E-state index contributed by atoms with van der Waals surface area (Å²) in [5, 5.41) is 19.8. The molecule has 5 heterocycles. The molecule has 0 bridgehead atoms. The monoisotopic (exact) mass is 1060 g/mol. The van der Waals surface area contributed by atoms with Crippen LogP contribution >= 0.6 is 0 Å². The number of carbonyl (C=O) groups excluding carboxylic acids is 6. The van der Waals surface area contributed by atoms with Gasteiger partial charge in [-0.25, -0.2) is 0 Å². The highest BCUT2D eigenvalue weighted by Crippen LogP contribution is 2.40. The molecule has 1 N–H and O–H groups in total. The van der Waals surface area contributed by atoms with E-state index in [0.29, 0.717) is 25.2 Å². The molecule has 78 heavy (non-hydrogen) atoms. The maximum absolute atomic E-state index is 12.5. The fourth-order valence-electron chi connectivity index (χ4n) is 11.2. The first kappa shape index (κ1) is 56.3. The van der Waals surface area contributed by atoms with Crippen LogP contribution in [0, 0.1) is 0 Å². The Morgan fingerprint density at radius 3 is 1.47 bits per heavy atom. The van der Waals surface area contributed by atoms with Gasteiger partial charge in [-0.1, -0.05) is 44.9 Å². The minimum absolute atomic E-state index is 0.00362. The van der Waals surface area contributed by atoms with Crippen LogP contribution in [0.3, 0.4) is 0 Å². The largest absolute Gasteiger partial charge is 0.508 e. The molecule has 2 saturated heterocycles. The quantitative estimate of drug-likeness (QED) is 0.0754. The molecule has 1 aliphatic carbocycles. The van der Waals surface area contributed by atoms with E-state index < -0.39 is 0 Å². The zero-order valence-corrected chi connectivity index (χ0v) is 44.7. The SMILES string of the molecule is CCCc1coc2ccc3cc(O)ccc3c12.CCCc1coc2ccc3cc(OCCCN4CCCC4)ccc3c12.O=C1CCC(c2coc3ccc4cc(OCCCN5CCCC5)ccc4c23)C(=O)C1.O=C=O.O=C=O. The van der Waals surface area contributed by atoms with Crippen LogP contribution < -0.4 is 9.47 Å². The standard InChI is InChI=1S/C25H27NO4.C22H27NO2.C15H14O2.2CO2/c27-18-5-7-21(23(28)15-18)22-16-30-24-9-4-17-14-19(6-8-20(17)25(22)24)29-13-3-12-26-10-1-2-11-26;1-2-6-18-16-25-21-10-7-17-15-19(8-9-20(17)22(18)21)24-14-5-13-23-11-3-4-12-23;1-2-3-11-9-17-14-7-4-10-8-12(16)5-6-13(10)15(11)14;2*2-1-3/h4,6,8-9,14,16,21H,1-3,5,7,10-13,15H2;7-10,15-16H,2-6,11-14H2,1H3;4-9,16H,2-3H2,1H3;;. The van der Waals surface area contributed by atoms with E-state index in [4.69, 9.17) is 41.9 Å². The molecule has 3 fully saturated rings. The van der Waals surface area contributed by atoms with Crippen LogP contribution in [0.25, 0.3) is 65.2 Å². The Bertz CT molecular complexity index is 3510. The number of ether oxygens (including phenoxy) is 2. The smallest absolute Gasteiger partial charge is 0.373 e. The summed E-state index contributed by atoms with van der Waals surface area (Å²) in [5.74, 6) is 1.93. The molecule has 14 nitrogen and oxygen atoms in total. The van der Waals surface area contributed by atoms with Gasteiger partial charge in [0.05, 0.1) is 38.4 Å². The van der Waals surface area contributed by atoms with Gasteiger partial charge in [-0.15, -0.1) is 0 Å². The molecule has 6 aromatic carbocycles. The highest BCUT2D eigenvalue weighted by Gasteiger charge is 2.31. The lowest BCUT2D eigenvalue weighted by atomic mass is 9.81. The summed E-state index contributed by atoms with van der Waals surface area (Å²) in [7, 11) is 0. The number of hydrogen-bond acceptors (Lipinski definition) is 14. The number of hydrogen-bond donors (Lipinski definition) is 1. The number of rotatable bonds is 15. The number of fused-ring (bicyclic) bond motifs is 9. The van der Waals surface area contributed by atoms with Crippen molar-refractivity contribution >= 4 is 89.1 Å². The number of benzene rings is 6. The summed E-state index contributed by atoms with van der Waals surface area (Å²) in [6, 6.07) is 30.2. The Morgan fingerprint density at radius 1 is 0.564 bits per heavy atom. The molecule has 0 radical (unpaired) electrons. The fourth-order valence-corrected chi connectivity index (χ4v) is 11.2. The van der Waals surface area contributed by atoms with Crippen LogP contribution in [0.1, 0.15) is 107 Å². The lowest BCUT2D eigenvalue weighted by Crippen LogP contribution is -2.23. The number of aryl methyl sites for hydroxylation is 2. The molecule has 12 rings (SSSR count). The first-order valence-corrected chi connectivity index (χ1v) is 27.4. The molecular weight excluding hydrogens is 989 g/mol.